The van der Waals surface area contributed by atoms with E-state index in [0.29, 0.717) is 34.5 Å². The standard InChI is InChI=1S/C21H23Cl2NO4/c1-27-17-7-5-8-18(28-2)19(17)20(13-9-10-14(22)15(23)12-13)24-11-4-3-6-16(24)21(25)26/h5,7-10,12,16,20H,3-4,6,11H2,1-2H3,(H,25,26). The van der Waals surface area contributed by atoms with Crippen molar-refractivity contribution < 1.29 is 19.4 Å². The summed E-state index contributed by atoms with van der Waals surface area (Å²) in [7, 11) is 3.18. The number of piperidine rings is 1. The van der Waals surface area contributed by atoms with Gasteiger partial charge in [0, 0.05) is 0 Å². The lowest BCUT2D eigenvalue weighted by atomic mass is 9.90. The van der Waals surface area contributed by atoms with Gasteiger partial charge in [-0.2, -0.15) is 0 Å². The first-order chi connectivity index (χ1) is 13.5. The second kappa shape index (κ2) is 9.03. The van der Waals surface area contributed by atoms with Gasteiger partial charge < -0.3 is 14.6 Å². The molecule has 1 saturated heterocycles. The van der Waals surface area contributed by atoms with Crippen LogP contribution < -0.4 is 9.47 Å². The van der Waals surface area contributed by atoms with Crippen molar-refractivity contribution in [3.63, 3.8) is 0 Å². The molecule has 5 nitrogen and oxygen atoms in total. The van der Waals surface area contributed by atoms with Crippen molar-refractivity contribution in [1.29, 1.82) is 0 Å². The molecule has 2 atom stereocenters. The number of hydrogen-bond donors (Lipinski definition) is 1. The van der Waals surface area contributed by atoms with Gasteiger partial charge in [0.15, 0.2) is 0 Å². The maximum atomic E-state index is 12.0. The zero-order valence-corrected chi connectivity index (χ0v) is 17.3. The summed E-state index contributed by atoms with van der Waals surface area (Å²) in [5.74, 6) is 0.425. The maximum absolute atomic E-state index is 12.0. The van der Waals surface area contributed by atoms with Crippen LogP contribution in [0.2, 0.25) is 10.0 Å². The first-order valence-corrected chi connectivity index (χ1v) is 9.88. The van der Waals surface area contributed by atoms with Gasteiger partial charge in [0.2, 0.25) is 0 Å². The number of carboxylic acid groups (broad SMARTS) is 1. The smallest absolute Gasteiger partial charge is 0.320 e. The van der Waals surface area contributed by atoms with Crippen LogP contribution in [0, 0.1) is 0 Å². The number of likely N-dealkylation sites (tertiary alicyclic amines) is 1. The van der Waals surface area contributed by atoms with Crippen molar-refractivity contribution in [2.24, 2.45) is 0 Å². The Morgan fingerprint density at radius 1 is 1.11 bits per heavy atom. The highest BCUT2D eigenvalue weighted by Crippen LogP contribution is 2.44. The predicted molar refractivity (Wildman–Crippen MR) is 110 cm³/mol. The number of nitrogens with zero attached hydrogens (tertiary/aromatic N) is 1. The van der Waals surface area contributed by atoms with Crippen LogP contribution in [-0.4, -0.2) is 42.8 Å². The molecule has 7 heteroatoms. The van der Waals surface area contributed by atoms with Crippen molar-refractivity contribution in [2.45, 2.75) is 31.3 Å². The molecular formula is C21H23Cl2NO4. The van der Waals surface area contributed by atoms with Crippen molar-refractivity contribution in [1.82, 2.24) is 4.90 Å². The number of carbonyl (C=O) groups is 1. The van der Waals surface area contributed by atoms with Gasteiger partial charge in [0.1, 0.15) is 17.5 Å². The minimum absolute atomic E-state index is 0.401. The lowest BCUT2D eigenvalue weighted by molar-refractivity contribution is -0.145. The van der Waals surface area contributed by atoms with Gasteiger partial charge in [-0.25, -0.2) is 0 Å². The minimum Gasteiger partial charge on any atom is -0.496 e. The molecule has 28 heavy (non-hydrogen) atoms. The van der Waals surface area contributed by atoms with E-state index in [9.17, 15) is 9.90 Å². The fraction of sp³-hybridized carbons (Fsp3) is 0.381. The van der Waals surface area contributed by atoms with Crippen LogP contribution in [0.4, 0.5) is 0 Å². The molecule has 0 aromatic heterocycles. The van der Waals surface area contributed by atoms with Crippen LogP contribution in [0.5, 0.6) is 11.5 Å². The molecule has 150 valence electrons. The van der Waals surface area contributed by atoms with Crippen LogP contribution in [-0.2, 0) is 4.79 Å². The zero-order chi connectivity index (χ0) is 20.3. The highest BCUT2D eigenvalue weighted by molar-refractivity contribution is 6.42. The van der Waals surface area contributed by atoms with E-state index in [2.05, 4.69) is 0 Å². The molecule has 3 rings (SSSR count). The second-order valence-corrected chi connectivity index (χ2v) is 7.55. The Labute approximate surface area is 174 Å². The number of hydrogen-bond acceptors (Lipinski definition) is 4. The van der Waals surface area contributed by atoms with E-state index in [-0.39, 0.29) is 0 Å². The lowest BCUT2D eigenvalue weighted by Gasteiger charge is -2.40. The average Bonchev–Trinajstić information content (AvgIpc) is 2.71. The largest absolute Gasteiger partial charge is 0.496 e. The molecule has 1 aliphatic heterocycles. The van der Waals surface area contributed by atoms with Gasteiger partial charge >= 0.3 is 5.97 Å². The van der Waals surface area contributed by atoms with Gasteiger partial charge in [-0.3, -0.25) is 9.69 Å². The number of aliphatic carboxylic acids is 1. The number of rotatable bonds is 6. The molecule has 0 spiro atoms. The lowest BCUT2D eigenvalue weighted by Crippen LogP contribution is -2.47. The summed E-state index contributed by atoms with van der Waals surface area (Å²) in [6.45, 7) is 0.642. The third-order valence-electron chi connectivity index (χ3n) is 5.16. The van der Waals surface area contributed by atoms with Crippen molar-refractivity contribution in [3.05, 3.63) is 57.6 Å². The zero-order valence-electron chi connectivity index (χ0n) is 15.8. The highest BCUT2D eigenvalue weighted by Gasteiger charge is 2.37. The summed E-state index contributed by atoms with van der Waals surface area (Å²) in [6, 6.07) is 9.92. The van der Waals surface area contributed by atoms with Gasteiger partial charge in [0.25, 0.3) is 0 Å². The summed E-state index contributed by atoms with van der Waals surface area (Å²) in [4.78, 5) is 14.0. The van der Waals surface area contributed by atoms with Crippen molar-refractivity contribution >= 4 is 29.2 Å². The Balaban J connectivity index is 2.23. The van der Waals surface area contributed by atoms with E-state index in [1.165, 1.54) is 0 Å². The molecule has 0 saturated carbocycles. The van der Waals surface area contributed by atoms with Gasteiger partial charge in [-0.1, -0.05) is 41.8 Å². The van der Waals surface area contributed by atoms with E-state index in [4.69, 9.17) is 32.7 Å². The topological polar surface area (TPSA) is 59.0 Å². The Morgan fingerprint density at radius 3 is 2.36 bits per heavy atom. The first-order valence-electron chi connectivity index (χ1n) is 9.12. The molecular weight excluding hydrogens is 401 g/mol. The second-order valence-electron chi connectivity index (χ2n) is 6.74. The van der Waals surface area contributed by atoms with E-state index in [1.54, 1.807) is 26.4 Å². The molecule has 1 aliphatic rings. The molecule has 2 aromatic carbocycles. The van der Waals surface area contributed by atoms with Gasteiger partial charge in [-0.15, -0.1) is 0 Å². The quantitative estimate of drug-likeness (QED) is 0.704. The fourth-order valence-electron chi connectivity index (χ4n) is 3.88. The van der Waals surface area contributed by atoms with Crippen LogP contribution >= 0.6 is 23.2 Å². The number of methoxy groups -OCH3 is 2. The summed E-state index contributed by atoms with van der Waals surface area (Å²) in [5.41, 5.74) is 1.62. The fourth-order valence-corrected chi connectivity index (χ4v) is 4.19. The van der Waals surface area contributed by atoms with E-state index >= 15 is 0 Å². The van der Waals surface area contributed by atoms with Gasteiger partial charge in [0.05, 0.1) is 35.9 Å². The van der Waals surface area contributed by atoms with Crippen LogP contribution in [0.1, 0.15) is 36.4 Å². The third kappa shape index (κ3) is 4.07. The SMILES string of the molecule is COc1cccc(OC)c1C(c1ccc(Cl)c(Cl)c1)N1CCCCC1C(=O)O. The first kappa shape index (κ1) is 20.8. The van der Waals surface area contributed by atoms with Crippen LogP contribution in [0.3, 0.4) is 0 Å². The van der Waals surface area contributed by atoms with E-state index in [1.807, 2.05) is 29.2 Å². The Hall–Kier alpha value is -1.95. The van der Waals surface area contributed by atoms with E-state index < -0.39 is 18.1 Å². The molecule has 0 amide bonds. The van der Waals surface area contributed by atoms with E-state index in [0.717, 1.165) is 24.0 Å². The molecule has 0 bridgehead atoms. The molecule has 2 aromatic rings. The Kier molecular flexibility index (Phi) is 6.70. The molecule has 1 fully saturated rings. The molecule has 2 unspecified atom stereocenters. The Morgan fingerprint density at radius 2 is 1.79 bits per heavy atom. The van der Waals surface area contributed by atoms with Crippen LogP contribution in [0.15, 0.2) is 36.4 Å². The molecule has 1 N–H and O–H groups in total. The molecule has 0 aliphatic carbocycles. The maximum Gasteiger partial charge on any atom is 0.320 e. The predicted octanol–water partition coefficient (Wildman–Crippen LogP) is 5.04. The molecule has 1 heterocycles. The highest BCUT2D eigenvalue weighted by atomic mass is 35.5. The number of ether oxygens (including phenoxy) is 2. The van der Waals surface area contributed by atoms with Gasteiger partial charge in [-0.05, 0) is 49.2 Å². The van der Waals surface area contributed by atoms with Crippen molar-refractivity contribution in [3.8, 4) is 11.5 Å². The third-order valence-corrected chi connectivity index (χ3v) is 5.90. The van der Waals surface area contributed by atoms with Crippen molar-refractivity contribution in [2.75, 3.05) is 20.8 Å². The normalized spacial score (nSPS) is 18.5. The average molecular weight is 424 g/mol. The number of halogens is 2. The summed E-state index contributed by atoms with van der Waals surface area (Å²) >= 11 is 12.4. The minimum atomic E-state index is -0.835. The number of benzene rings is 2. The monoisotopic (exact) mass is 423 g/mol. The number of carboxylic acids is 1. The van der Waals surface area contributed by atoms with Crippen LogP contribution in [0.25, 0.3) is 0 Å². The summed E-state index contributed by atoms with van der Waals surface area (Å²) < 4.78 is 11.2. The Bertz CT molecular complexity index is 836. The summed E-state index contributed by atoms with van der Waals surface area (Å²) in [5, 5.41) is 10.7. The summed E-state index contributed by atoms with van der Waals surface area (Å²) in [6.07, 6.45) is 2.38. The molecule has 0 radical (unpaired) electrons.